The Balaban J connectivity index is 1.50. The van der Waals surface area contributed by atoms with Crippen LogP contribution in [-0.2, 0) is 13.0 Å². The molecule has 2 aromatic carbocycles. The van der Waals surface area contributed by atoms with Crippen molar-refractivity contribution in [1.29, 1.82) is 0 Å². The van der Waals surface area contributed by atoms with Crippen LogP contribution in [0.15, 0.2) is 59.8 Å². The summed E-state index contributed by atoms with van der Waals surface area (Å²) in [7, 11) is 0. The van der Waals surface area contributed by atoms with Gasteiger partial charge < -0.3 is 0 Å². The minimum absolute atomic E-state index is 0.117. The van der Waals surface area contributed by atoms with Crippen LogP contribution in [0.25, 0.3) is 5.69 Å². The molecule has 0 radical (unpaired) electrons. The Hall–Kier alpha value is -2.44. The highest BCUT2D eigenvalue weighted by Crippen LogP contribution is 2.24. The number of carbonyl (C=O) groups is 1. The van der Waals surface area contributed by atoms with E-state index in [0.29, 0.717) is 5.75 Å². The third-order valence-electron chi connectivity index (χ3n) is 5.43. The van der Waals surface area contributed by atoms with E-state index in [1.807, 2.05) is 30.3 Å². The van der Waals surface area contributed by atoms with E-state index in [1.165, 1.54) is 30.2 Å². The molecule has 0 atom stereocenters. The fraction of sp³-hybridized carbons (Fsp3) is 0.375. The van der Waals surface area contributed by atoms with Gasteiger partial charge in [-0.3, -0.25) is 14.3 Å². The molecule has 2 heterocycles. The lowest BCUT2D eigenvalue weighted by molar-refractivity contribution is 0.102. The Morgan fingerprint density at radius 2 is 1.73 bits per heavy atom. The molecule has 0 aliphatic carbocycles. The number of aromatic nitrogens is 3. The van der Waals surface area contributed by atoms with Crippen molar-refractivity contribution in [3.8, 4) is 5.69 Å². The zero-order chi connectivity index (χ0) is 20.8. The van der Waals surface area contributed by atoms with E-state index in [-0.39, 0.29) is 5.78 Å². The summed E-state index contributed by atoms with van der Waals surface area (Å²) >= 11 is 1.46. The van der Waals surface area contributed by atoms with Gasteiger partial charge in [0.2, 0.25) is 0 Å². The number of hydrogen-bond acceptors (Lipinski definition) is 5. The second kappa shape index (κ2) is 10.0. The number of para-hydroxylation sites is 1. The lowest BCUT2D eigenvalue weighted by Crippen LogP contribution is -2.21. The monoisotopic (exact) mass is 420 g/mol. The highest BCUT2D eigenvalue weighted by atomic mass is 32.2. The van der Waals surface area contributed by atoms with E-state index in [4.69, 9.17) is 0 Å². The van der Waals surface area contributed by atoms with Crippen LogP contribution >= 0.6 is 11.8 Å². The zero-order valence-corrected chi connectivity index (χ0v) is 18.3. The summed E-state index contributed by atoms with van der Waals surface area (Å²) in [6.45, 7) is 5.17. The largest absolute Gasteiger partial charge is 0.296 e. The average Bonchev–Trinajstić information content (AvgIpc) is 3.44. The van der Waals surface area contributed by atoms with Gasteiger partial charge in [-0.15, -0.1) is 10.2 Å². The maximum Gasteiger partial charge on any atom is 0.196 e. The van der Waals surface area contributed by atoms with Crippen LogP contribution in [0.4, 0.5) is 0 Å². The SMILES string of the molecule is CCCc1ccc(C(=O)CSc2nnc(CN3CCCC3)n2-c2ccccc2)cc1. The van der Waals surface area contributed by atoms with Crippen LogP contribution < -0.4 is 0 Å². The molecule has 0 unspecified atom stereocenters. The van der Waals surface area contributed by atoms with Crippen molar-refractivity contribution < 1.29 is 4.79 Å². The molecule has 0 saturated carbocycles. The molecule has 4 rings (SSSR count). The molecule has 0 amide bonds. The fourth-order valence-corrected chi connectivity index (χ4v) is 4.70. The first-order valence-corrected chi connectivity index (χ1v) is 11.7. The molecule has 1 aliphatic heterocycles. The zero-order valence-electron chi connectivity index (χ0n) is 17.5. The molecule has 6 heteroatoms. The summed E-state index contributed by atoms with van der Waals surface area (Å²) in [4.78, 5) is 15.2. The van der Waals surface area contributed by atoms with Crippen molar-refractivity contribution in [2.24, 2.45) is 0 Å². The normalized spacial score (nSPS) is 14.3. The molecule has 0 bridgehead atoms. The van der Waals surface area contributed by atoms with E-state index >= 15 is 0 Å². The average molecular weight is 421 g/mol. The van der Waals surface area contributed by atoms with Crippen LogP contribution in [0.2, 0.25) is 0 Å². The van der Waals surface area contributed by atoms with Crippen molar-refractivity contribution in [3.05, 3.63) is 71.5 Å². The summed E-state index contributed by atoms with van der Waals surface area (Å²) in [5.41, 5.74) is 3.07. The fourth-order valence-electron chi connectivity index (χ4n) is 3.83. The number of aryl methyl sites for hydroxylation is 1. The van der Waals surface area contributed by atoms with Gasteiger partial charge in [0.1, 0.15) is 0 Å². The Kier molecular flexibility index (Phi) is 6.97. The molecule has 5 nitrogen and oxygen atoms in total. The van der Waals surface area contributed by atoms with Crippen LogP contribution in [0.5, 0.6) is 0 Å². The summed E-state index contributed by atoms with van der Waals surface area (Å²) < 4.78 is 2.10. The first-order chi connectivity index (χ1) is 14.7. The van der Waals surface area contributed by atoms with Gasteiger partial charge in [0.15, 0.2) is 16.8 Å². The van der Waals surface area contributed by atoms with Crippen molar-refractivity contribution in [1.82, 2.24) is 19.7 Å². The second-order valence-electron chi connectivity index (χ2n) is 7.71. The quantitative estimate of drug-likeness (QED) is 0.368. The smallest absolute Gasteiger partial charge is 0.196 e. The number of rotatable bonds is 9. The Bertz CT molecular complexity index is 963. The topological polar surface area (TPSA) is 51.0 Å². The molecule has 1 saturated heterocycles. The molecule has 1 fully saturated rings. The number of thioether (sulfide) groups is 1. The maximum absolute atomic E-state index is 12.7. The predicted octanol–water partition coefficient (Wildman–Crippen LogP) is 4.79. The van der Waals surface area contributed by atoms with E-state index in [1.54, 1.807) is 0 Å². The summed E-state index contributed by atoms with van der Waals surface area (Å²) in [6, 6.07) is 18.2. The number of benzene rings is 2. The van der Waals surface area contributed by atoms with Gasteiger partial charge in [0.05, 0.1) is 12.3 Å². The molecular weight excluding hydrogens is 392 g/mol. The highest BCUT2D eigenvalue weighted by molar-refractivity contribution is 7.99. The standard InChI is InChI=1S/C24H28N4OS/c1-2-8-19-11-13-20(14-12-19)22(29)18-30-24-26-25-23(17-27-15-6-7-16-27)28(24)21-9-4-3-5-10-21/h3-5,9-14H,2,6-8,15-18H2,1H3. The van der Waals surface area contributed by atoms with Crippen LogP contribution in [0, 0.1) is 0 Å². The van der Waals surface area contributed by atoms with Gasteiger partial charge in [-0.05, 0) is 50.0 Å². The number of likely N-dealkylation sites (tertiary alicyclic amines) is 1. The lowest BCUT2D eigenvalue weighted by Gasteiger charge is -2.15. The second-order valence-corrected chi connectivity index (χ2v) is 8.65. The molecule has 0 spiro atoms. The van der Waals surface area contributed by atoms with Crippen molar-refractivity contribution in [2.45, 2.75) is 44.3 Å². The minimum atomic E-state index is 0.117. The van der Waals surface area contributed by atoms with Crippen LogP contribution in [0.3, 0.4) is 0 Å². The maximum atomic E-state index is 12.7. The lowest BCUT2D eigenvalue weighted by atomic mass is 10.1. The Morgan fingerprint density at radius 1 is 1.00 bits per heavy atom. The summed E-state index contributed by atoms with van der Waals surface area (Å²) in [6.07, 6.45) is 4.64. The van der Waals surface area contributed by atoms with Crippen molar-refractivity contribution in [2.75, 3.05) is 18.8 Å². The van der Waals surface area contributed by atoms with E-state index in [0.717, 1.165) is 54.7 Å². The molecule has 1 aromatic heterocycles. The number of carbonyl (C=O) groups excluding carboxylic acids is 1. The molecule has 156 valence electrons. The number of ketones is 1. The number of nitrogens with zero attached hydrogens (tertiary/aromatic N) is 4. The summed E-state index contributed by atoms with van der Waals surface area (Å²) in [5, 5.41) is 9.68. The van der Waals surface area contributed by atoms with Crippen molar-refractivity contribution >= 4 is 17.5 Å². The third kappa shape index (κ3) is 4.99. The van der Waals surface area contributed by atoms with Gasteiger partial charge in [-0.1, -0.05) is 67.6 Å². The molecular formula is C24H28N4OS. The Morgan fingerprint density at radius 3 is 2.43 bits per heavy atom. The van der Waals surface area contributed by atoms with Gasteiger partial charge in [-0.25, -0.2) is 0 Å². The van der Waals surface area contributed by atoms with Gasteiger partial charge in [0, 0.05) is 11.3 Å². The molecule has 3 aromatic rings. The highest BCUT2D eigenvalue weighted by Gasteiger charge is 2.20. The first-order valence-electron chi connectivity index (χ1n) is 10.7. The Labute approximate surface area is 182 Å². The van der Waals surface area contributed by atoms with E-state index < -0.39 is 0 Å². The molecule has 30 heavy (non-hydrogen) atoms. The van der Waals surface area contributed by atoms with Crippen LogP contribution in [-0.4, -0.2) is 44.3 Å². The minimum Gasteiger partial charge on any atom is -0.296 e. The predicted molar refractivity (Wildman–Crippen MR) is 121 cm³/mol. The third-order valence-corrected chi connectivity index (χ3v) is 6.35. The van der Waals surface area contributed by atoms with Gasteiger partial charge in [0.25, 0.3) is 0 Å². The molecule has 0 N–H and O–H groups in total. The molecule has 1 aliphatic rings. The number of Topliss-reactive ketones (excluding diaryl/α,β-unsaturated/α-hetero) is 1. The van der Waals surface area contributed by atoms with Gasteiger partial charge in [-0.2, -0.15) is 0 Å². The van der Waals surface area contributed by atoms with Gasteiger partial charge >= 0.3 is 0 Å². The van der Waals surface area contributed by atoms with Crippen molar-refractivity contribution in [3.63, 3.8) is 0 Å². The first kappa shape index (κ1) is 20.8. The van der Waals surface area contributed by atoms with Crippen LogP contribution in [0.1, 0.15) is 47.9 Å². The number of hydrogen-bond donors (Lipinski definition) is 0. The summed E-state index contributed by atoms with van der Waals surface area (Å²) in [5.74, 6) is 1.40. The van der Waals surface area contributed by atoms with E-state index in [2.05, 4.69) is 50.9 Å². The van der Waals surface area contributed by atoms with E-state index in [9.17, 15) is 4.79 Å².